The lowest BCUT2D eigenvalue weighted by atomic mass is 9.85. The largest absolute Gasteiger partial charge is 0.495 e. The molecule has 4 atom stereocenters. The fourth-order valence-electron chi connectivity index (χ4n) is 5.15. The van der Waals surface area contributed by atoms with E-state index in [0.29, 0.717) is 5.75 Å². The van der Waals surface area contributed by atoms with E-state index >= 15 is 0 Å². The zero-order valence-electron chi connectivity index (χ0n) is 18.6. The van der Waals surface area contributed by atoms with Crippen molar-refractivity contribution in [3.8, 4) is 5.75 Å². The third-order valence-corrected chi connectivity index (χ3v) is 8.43. The summed E-state index contributed by atoms with van der Waals surface area (Å²) in [6.45, 7) is -0.461. The van der Waals surface area contributed by atoms with E-state index in [1.54, 1.807) is 24.3 Å². The van der Waals surface area contributed by atoms with E-state index in [1.165, 1.54) is 25.3 Å². The molecule has 1 heterocycles. The highest BCUT2D eigenvalue weighted by Crippen LogP contribution is 2.52. The number of imide groups is 1. The van der Waals surface area contributed by atoms with Crippen molar-refractivity contribution in [2.75, 3.05) is 23.7 Å². The highest BCUT2D eigenvalue weighted by atomic mass is 35.5. The number of anilines is 2. The number of halogens is 1. The van der Waals surface area contributed by atoms with E-state index < -0.39 is 34.3 Å². The number of fused-ring (bicyclic) bond motifs is 5. The normalized spacial score (nSPS) is 24.6. The van der Waals surface area contributed by atoms with Crippen LogP contribution in [0.25, 0.3) is 0 Å². The molecule has 3 aliphatic rings. The smallest absolute Gasteiger partial charge is 0.262 e. The summed E-state index contributed by atoms with van der Waals surface area (Å²) in [4.78, 5) is 39.2. The lowest BCUT2D eigenvalue weighted by Gasteiger charge is -2.17. The van der Waals surface area contributed by atoms with E-state index in [1.807, 2.05) is 12.2 Å². The first-order valence-corrected chi connectivity index (χ1v) is 12.8. The number of likely N-dealkylation sites (tertiary alicyclic amines) is 1. The molecule has 0 spiro atoms. The first-order chi connectivity index (χ1) is 16.7. The fourth-order valence-corrected chi connectivity index (χ4v) is 6.41. The molecule has 1 saturated carbocycles. The number of nitrogens with zero attached hydrogens (tertiary/aromatic N) is 1. The summed E-state index contributed by atoms with van der Waals surface area (Å²) >= 11 is 6.19. The van der Waals surface area contributed by atoms with Crippen molar-refractivity contribution in [3.63, 3.8) is 0 Å². The molecule has 2 aliphatic carbocycles. The number of hydrogen-bond acceptors (Lipinski definition) is 6. The Labute approximate surface area is 207 Å². The van der Waals surface area contributed by atoms with Crippen LogP contribution in [0.5, 0.6) is 5.75 Å². The molecule has 0 aromatic heterocycles. The predicted octanol–water partition coefficient (Wildman–Crippen LogP) is 2.90. The molecule has 182 valence electrons. The number of sulfonamides is 1. The maximum absolute atomic E-state index is 12.9. The van der Waals surface area contributed by atoms with E-state index in [-0.39, 0.29) is 44.9 Å². The van der Waals surface area contributed by atoms with Gasteiger partial charge < -0.3 is 10.1 Å². The van der Waals surface area contributed by atoms with Gasteiger partial charge in [-0.2, -0.15) is 0 Å². The monoisotopic (exact) mass is 515 g/mol. The van der Waals surface area contributed by atoms with Gasteiger partial charge in [-0.1, -0.05) is 35.9 Å². The molecule has 2 aromatic rings. The molecule has 11 heteroatoms. The van der Waals surface area contributed by atoms with Crippen LogP contribution in [0.2, 0.25) is 5.02 Å². The van der Waals surface area contributed by atoms with Gasteiger partial charge in [-0.15, -0.1) is 0 Å². The lowest BCUT2D eigenvalue weighted by Crippen LogP contribution is -2.39. The molecule has 0 radical (unpaired) electrons. The minimum atomic E-state index is -4.04. The highest BCUT2D eigenvalue weighted by molar-refractivity contribution is 7.92. The molecular weight excluding hydrogens is 494 g/mol. The Balaban J connectivity index is 1.31. The number of amides is 3. The van der Waals surface area contributed by atoms with Gasteiger partial charge in [-0.05, 0) is 48.6 Å². The Bertz CT molecular complexity index is 1350. The number of carbonyl (C=O) groups excluding carboxylic acids is 3. The number of nitrogens with one attached hydrogen (secondary N) is 2. The molecule has 5 rings (SSSR count). The Hall–Kier alpha value is -3.37. The average Bonchev–Trinajstić information content (AvgIpc) is 3.51. The van der Waals surface area contributed by atoms with Crippen molar-refractivity contribution in [2.24, 2.45) is 23.7 Å². The van der Waals surface area contributed by atoms with E-state index in [9.17, 15) is 22.8 Å². The summed E-state index contributed by atoms with van der Waals surface area (Å²) in [5.74, 6) is -1.70. The molecule has 0 unspecified atom stereocenters. The standard InChI is InChI=1S/C24H22ClN3O6S/c1-34-19-5-3-2-4-17(19)27-35(32,33)15-8-9-16(25)18(11-15)26-20(29)12-28-23(30)21-13-6-7-14(10-13)22(21)24(28)31/h2-9,11,13-14,21-22,27H,10,12H2,1H3,(H,26,29)/t13-,14+,21-,22-/m0/s1. The minimum absolute atomic E-state index is 0.0422. The molecule has 3 amide bonds. The van der Waals surface area contributed by atoms with Gasteiger partial charge >= 0.3 is 0 Å². The number of rotatable bonds is 7. The Kier molecular flexibility index (Phi) is 5.80. The van der Waals surface area contributed by atoms with Gasteiger partial charge in [-0.3, -0.25) is 24.0 Å². The Morgan fingerprint density at radius 2 is 1.71 bits per heavy atom. The van der Waals surface area contributed by atoms with Gasteiger partial charge in [0.2, 0.25) is 17.7 Å². The van der Waals surface area contributed by atoms with Crippen molar-refractivity contribution in [1.29, 1.82) is 0 Å². The SMILES string of the molecule is COc1ccccc1NS(=O)(=O)c1ccc(Cl)c(NC(=O)CN2C(=O)[C@@H]3[C@@H](C2=O)[C@H]2C=C[C@@H]3C2)c1. The van der Waals surface area contributed by atoms with Crippen LogP contribution < -0.4 is 14.8 Å². The molecule has 1 aliphatic heterocycles. The predicted molar refractivity (Wildman–Crippen MR) is 128 cm³/mol. The van der Waals surface area contributed by atoms with Crippen molar-refractivity contribution in [1.82, 2.24) is 4.90 Å². The molecule has 2 N–H and O–H groups in total. The Morgan fingerprint density at radius 3 is 2.37 bits per heavy atom. The zero-order chi connectivity index (χ0) is 24.9. The maximum Gasteiger partial charge on any atom is 0.262 e. The third-order valence-electron chi connectivity index (χ3n) is 6.74. The lowest BCUT2D eigenvalue weighted by molar-refractivity contribution is -0.143. The van der Waals surface area contributed by atoms with Crippen LogP contribution in [-0.2, 0) is 24.4 Å². The number of allylic oxidation sites excluding steroid dienone is 2. The van der Waals surface area contributed by atoms with Crippen molar-refractivity contribution in [3.05, 3.63) is 59.6 Å². The van der Waals surface area contributed by atoms with Crippen LogP contribution >= 0.6 is 11.6 Å². The number of hydrogen-bond donors (Lipinski definition) is 2. The van der Waals surface area contributed by atoms with Gasteiger partial charge in [0.15, 0.2) is 0 Å². The number of carbonyl (C=O) groups is 3. The van der Waals surface area contributed by atoms with Crippen LogP contribution in [-0.4, -0.2) is 44.7 Å². The second kappa shape index (κ2) is 8.69. The maximum atomic E-state index is 12.9. The topological polar surface area (TPSA) is 122 Å². The molecule has 35 heavy (non-hydrogen) atoms. The second-order valence-corrected chi connectivity index (χ2v) is 10.8. The molecule has 1 saturated heterocycles. The number of benzene rings is 2. The first-order valence-electron chi connectivity index (χ1n) is 11.0. The van der Waals surface area contributed by atoms with Gasteiger partial charge in [0, 0.05) is 0 Å². The van der Waals surface area contributed by atoms with Crippen LogP contribution in [0.3, 0.4) is 0 Å². The highest BCUT2D eigenvalue weighted by Gasteiger charge is 2.59. The average molecular weight is 516 g/mol. The summed E-state index contributed by atoms with van der Waals surface area (Å²) in [5.41, 5.74) is 0.288. The number of methoxy groups -OCH3 is 1. The van der Waals surface area contributed by atoms with Crippen molar-refractivity contribution < 1.29 is 27.5 Å². The van der Waals surface area contributed by atoms with Gasteiger partial charge in [0.05, 0.1) is 40.2 Å². The van der Waals surface area contributed by atoms with Crippen molar-refractivity contribution >= 4 is 50.7 Å². The molecular formula is C24H22ClN3O6S. The molecule has 9 nitrogen and oxygen atoms in total. The second-order valence-electron chi connectivity index (χ2n) is 8.76. The summed E-state index contributed by atoms with van der Waals surface area (Å²) in [7, 11) is -2.62. The molecule has 2 fully saturated rings. The summed E-state index contributed by atoms with van der Waals surface area (Å²) < 4.78 is 33.5. The van der Waals surface area contributed by atoms with Crippen LogP contribution in [0.1, 0.15) is 6.42 Å². The quantitative estimate of drug-likeness (QED) is 0.432. The number of para-hydroxylation sites is 2. The van der Waals surface area contributed by atoms with E-state index in [0.717, 1.165) is 11.3 Å². The minimum Gasteiger partial charge on any atom is -0.495 e. The van der Waals surface area contributed by atoms with Gasteiger partial charge in [0.25, 0.3) is 10.0 Å². The summed E-state index contributed by atoms with van der Waals surface area (Å²) in [6, 6.07) is 10.4. The zero-order valence-corrected chi connectivity index (χ0v) is 20.2. The van der Waals surface area contributed by atoms with Crippen LogP contribution in [0.15, 0.2) is 59.5 Å². The third kappa shape index (κ3) is 4.06. The fraction of sp³-hybridized carbons (Fsp3) is 0.292. The first kappa shape index (κ1) is 23.4. The summed E-state index contributed by atoms with van der Waals surface area (Å²) in [5, 5.41) is 2.64. The summed E-state index contributed by atoms with van der Waals surface area (Å²) in [6.07, 6.45) is 4.75. The van der Waals surface area contributed by atoms with Crippen LogP contribution in [0, 0.1) is 23.7 Å². The van der Waals surface area contributed by atoms with Gasteiger partial charge in [-0.25, -0.2) is 8.42 Å². The number of ether oxygens (including phenoxy) is 1. The Morgan fingerprint density at radius 1 is 1.06 bits per heavy atom. The van der Waals surface area contributed by atoms with E-state index in [2.05, 4.69) is 10.0 Å². The van der Waals surface area contributed by atoms with Gasteiger partial charge in [0.1, 0.15) is 12.3 Å². The van der Waals surface area contributed by atoms with E-state index in [4.69, 9.17) is 16.3 Å². The molecule has 2 bridgehead atoms. The van der Waals surface area contributed by atoms with Crippen LogP contribution in [0.4, 0.5) is 11.4 Å². The molecule has 2 aromatic carbocycles. The van der Waals surface area contributed by atoms with Crippen molar-refractivity contribution in [2.45, 2.75) is 11.3 Å².